The fraction of sp³-hybridized carbons (Fsp3) is 0.412. The predicted molar refractivity (Wildman–Crippen MR) is 88.0 cm³/mol. The van der Waals surface area contributed by atoms with Crippen molar-refractivity contribution in [1.82, 2.24) is 5.32 Å². The molecular weight excluding hydrogens is 282 g/mol. The maximum absolute atomic E-state index is 5.76. The van der Waals surface area contributed by atoms with Crippen LogP contribution in [0.25, 0.3) is 0 Å². The summed E-state index contributed by atoms with van der Waals surface area (Å²) in [5.41, 5.74) is 1.21. The molecule has 114 valence electrons. The number of thioether (sulfide) groups is 1. The molecule has 0 unspecified atom stereocenters. The monoisotopic (exact) mass is 305 g/mol. The molecule has 21 heavy (non-hydrogen) atoms. The topological polar surface area (TPSA) is 34.4 Å². The average Bonchev–Trinajstić information content (AvgIpc) is 2.86. The number of furan rings is 1. The first-order valence-corrected chi connectivity index (χ1v) is 8.51. The molecule has 0 amide bonds. The maximum Gasteiger partial charge on any atom is 0.146 e. The number of hydrogen-bond acceptors (Lipinski definition) is 4. The highest BCUT2D eigenvalue weighted by Gasteiger charge is 2.07. The largest absolute Gasteiger partial charge is 0.486 e. The zero-order valence-corrected chi connectivity index (χ0v) is 13.8. The lowest BCUT2D eigenvalue weighted by atomic mass is 10.2. The Morgan fingerprint density at radius 3 is 2.67 bits per heavy atom. The van der Waals surface area contributed by atoms with Gasteiger partial charge in [-0.25, -0.2) is 0 Å². The molecule has 0 spiro atoms. The van der Waals surface area contributed by atoms with Gasteiger partial charge in [-0.2, -0.15) is 0 Å². The molecule has 0 fully saturated rings. The zero-order valence-electron chi connectivity index (χ0n) is 12.9. The fourth-order valence-electron chi connectivity index (χ4n) is 2.06. The summed E-state index contributed by atoms with van der Waals surface area (Å²) in [6.07, 6.45) is 3.20. The van der Waals surface area contributed by atoms with Gasteiger partial charge in [0.2, 0.25) is 0 Å². The van der Waals surface area contributed by atoms with Crippen molar-refractivity contribution in [3.05, 3.63) is 47.4 Å². The van der Waals surface area contributed by atoms with Gasteiger partial charge in [0, 0.05) is 17.0 Å². The molecule has 3 nitrogen and oxygen atoms in total. The third kappa shape index (κ3) is 4.83. The van der Waals surface area contributed by atoms with Crippen LogP contribution >= 0.6 is 11.8 Å². The first kappa shape index (κ1) is 16.0. The molecule has 1 N–H and O–H groups in total. The maximum atomic E-state index is 5.76. The van der Waals surface area contributed by atoms with Gasteiger partial charge in [0.1, 0.15) is 23.9 Å². The summed E-state index contributed by atoms with van der Waals surface area (Å²) in [6, 6.07) is 10.2. The van der Waals surface area contributed by atoms with Gasteiger partial charge < -0.3 is 14.5 Å². The first-order valence-electron chi connectivity index (χ1n) is 7.28. The summed E-state index contributed by atoms with van der Waals surface area (Å²) in [4.78, 5) is 1.24. The molecule has 1 heterocycles. The molecular formula is C17H23NO2S. The van der Waals surface area contributed by atoms with E-state index in [1.54, 1.807) is 11.8 Å². The summed E-state index contributed by atoms with van der Waals surface area (Å²) >= 11 is 1.73. The quantitative estimate of drug-likeness (QED) is 0.579. The van der Waals surface area contributed by atoms with Crippen LogP contribution in [-0.2, 0) is 13.2 Å². The van der Waals surface area contributed by atoms with Gasteiger partial charge in [-0.15, -0.1) is 11.8 Å². The second kappa shape index (κ2) is 8.15. The summed E-state index contributed by atoms with van der Waals surface area (Å²) in [5.74, 6) is 2.71. The lowest BCUT2D eigenvalue weighted by Gasteiger charge is -2.04. The minimum Gasteiger partial charge on any atom is -0.486 e. The van der Waals surface area contributed by atoms with Crippen LogP contribution < -0.4 is 10.1 Å². The highest BCUT2D eigenvalue weighted by molar-refractivity contribution is 7.98. The van der Waals surface area contributed by atoms with E-state index in [1.807, 2.05) is 19.1 Å². The molecule has 0 saturated carbocycles. The number of nitrogens with one attached hydrogen (secondary N) is 1. The molecule has 2 rings (SSSR count). The average molecular weight is 305 g/mol. The van der Waals surface area contributed by atoms with Gasteiger partial charge in [-0.1, -0.05) is 6.92 Å². The van der Waals surface area contributed by atoms with Crippen LogP contribution in [0.4, 0.5) is 0 Å². The SMILES string of the molecule is CCCNCc1cc(COc2ccc(SC)cc2)oc1C. The standard InChI is InChI=1S/C17H23NO2S/c1-4-9-18-11-14-10-16(20-13(14)2)12-19-15-5-7-17(21-3)8-6-15/h5-8,10,18H,4,9,11-12H2,1-3H3. The van der Waals surface area contributed by atoms with Gasteiger partial charge in [-0.05, 0) is 56.5 Å². The van der Waals surface area contributed by atoms with Crippen molar-refractivity contribution in [2.24, 2.45) is 0 Å². The van der Waals surface area contributed by atoms with E-state index in [0.29, 0.717) is 6.61 Å². The van der Waals surface area contributed by atoms with Crippen LogP contribution in [-0.4, -0.2) is 12.8 Å². The van der Waals surface area contributed by atoms with E-state index in [9.17, 15) is 0 Å². The Morgan fingerprint density at radius 1 is 1.24 bits per heavy atom. The molecule has 0 aliphatic carbocycles. The summed E-state index contributed by atoms with van der Waals surface area (Å²) < 4.78 is 11.5. The molecule has 0 radical (unpaired) electrons. The lowest BCUT2D eigenvalue weighted by molar-refractivity contribution is 0.267. The third-order valence-electron chi connectivity index (χ3n) is 3.25. The summed E-state index contributed by atoms with van der Waals surface area (Å²) in [7, 11) is 0. The van der Waals surface area contributed by atoms with Crippen molar-refractivity contribution in [3.63, 3.8) is 0 Å². The van der Waals surface area contributed by atoms with Crippen molar-refractivity contribution in [2.75, 3.05) is 12.8 Å². The molecule has 0 aliphatic rings. The Morgan fingerprint density at radius 2 is 2.00 bits per heavy atom. The van der Waals surface area contributed by atoms with E-state index >= 15 is 0 Å². The minimum atomic E-state index is 0.466. The first-order chi connectivity index (χ1) is 10.2. The van der Waals surface area contributed by atoms with Gasteiger partial charge in [0.05, 0.1) is 0 Å². The predicted octanol–water partition coefficient (Wildman–Crippen LogP) is 4.39. The van der Waals surface area contributed by atoms with E-state index < -0.39 is 0 Å². The van der Waals surface area contributed by atoms with Crippen LogP contribution in [0, 0.1) is 6.92 Å². The van der Waals surface area contributed by atoms with E-state index in [1.165, 1.54) is 10.5 Å². The van der Waals surface area contributed by atoms with Crippen molar-refractivity contribution >= 4 is 11.8 Å². The van der Waals surface area contributed by atoms with E-state index in [-0.39, 0.29) is 0 Å². The normalized spacial score (nSPS) is 10.8. The van der Waals surface area contributed by atoms with Crippen LogP contribution in [0.2, 0.25) is 0 Å². The van der Waals surface area contributed by atoms with Gasteiger partial charge in [-0.3, -0.25) is 0 Å². The van der Waals surface area contributed by atoms with Crippen LogP contribution in [0.1, 0.15) is 30.4 Å². The number of rotatable bonds is 8. The number of hydrogen-bond donors (Lipinski definition) is 1. The molecule has 1 aromatic carbocycles. The highest BCUT2D eigenvalue weighted by atomic mass is 32.2. The Hall–Kier alpha value is -1.39. The molecule has 0 atom stereocenters. The second-order valence-corrected chi connectivity index (χ2v) is 5.81. The number of ether oxygens (including phenoxy) is 1. The van der Waals surface area contributed by atoms with Gasteiger partial charge in [0.25, 0.3) is 0 Å². The fourth-order valence-corrected chi connectivity index (χ4v) is 2.47. The summed E-state index contributed by atoms with van der Waals surface area (Å²) in [5, 5.41) is 3.39. The smallest absolute Gasteiger partial charge is 0.146 e. The Balaban J connectivity index is 1.89. The molecule has 1 aromatic heterocycles. The van der Waals surface area contributed by atoms with Crippen LogP contribution in [0.5, 0.6) is 5.75 Å². The van der Waals surface area contributed by atoms with Gasteiger partial charge >= 0.3 is 0 Å². The summed E-state index contributed by atoms with van der Waals surface area (Å²) in [6.45, 7) is 6.51. The molecule has 0 bridgehead atoms. The second-order valence-electron chi connectivity index (χ2n) is 4.94. The van der Waals surface area contributed by atoms with Crippen molar-refractivity contribution in [3.8, 4) is 5.75 Å². The number of aryl methyl sites for hydroxylation is 1. The van der Waals surface area contributed by atoms with E-state index in [0.717, 1.165) is 36.8 Å². The Bertz CT molecular complexity index is 548. The van der Waals surface area contributed by atoms with Crippen LogP contribution in [0.3, 0.4) is 0 Å². The van der Waals surface area contributed by atoms with Crippen molar-refractivity contribution < 1.29 is 9.15 Å². The zero-order chi connectivity index (χ0) is 15.1. The molecule has 0 saturated heterocycles. The number of benzene rings is 1. The van der Waals surface area contributed by atoms with E-state index in [4.69, 9.17) is 9.15 Å². The molecule has 2 aromatic rings. The molecule has 0 aliphatic heterocycles. The van der Waals surface area contributed by atoms with Crippen LogP contribution in [0.15, 0.2) is 39.6 Å². The highest BCUT2D eigenvalue weighted by Crippen LogP contribution is 2.21. The molecule has 4 heteroatoms. The lowest BCUT2D eigenvalue weighted by Crippen LogP contribution is -2.13. The van der Waals surface area contributed by atoms with Gasteiger partial charge in [0.15, 0.2) is 0 Å². The Labute approximate surface area is 131 Å². The minimum absolute atomic E-state index is 0.466. The van der Waals surface area contributed by atoms with E-state index in [2.05, 4.69) is 36.7 Å². The third-order valence-corrected chi connectivity index (χ3v) is 4.00. The van der Waals surface area contributed by atoms with Crippen molar-refractivity contribution in [2.45, 2.75) is 38.3 Å². The Kier molecular flexibility index (Phi) is 6.21. The van der Waals surface area contributed by atoms with Crippen molar-refractivity contribution in [1.29, 1.82) is 0 Å².